The average molecular weight is 517 g/mol. The number of amides is 2. The lowest BCUT2D eigenvalue weighted by molar-refractivity contribution is 0.0942. The van der Waals surface area contributed by atoms with Gasteiger partial charge >= 0.3 is 6.09 Å². The number of nitrogens with zero attached hydrogens (tertiary/aromatic N) is 4. The van der Waals surface area contributed by atoms with Gasteiger partial charge in [-0.15, -0.1) is 0 Å². The van der Waals surface area contributed by atoms with E-state index in [0.717, 1.165) is 79.8 Å². The third-order valence-electron chi connectivity index (χ3n) is 7.89. The molecule has 1 aliphatic heterocycles. The summed E-state index contributed by atoms with van der Waals surface area (Å²) in [7, 11) is 2.14. The summed E-state index contributed by atoms with van der Waals surface area (Å²) < 4.78 is 0. The molecule has 9 heteroatoms. The zero-order chi connectivity index (χ0) is 26.5. The van der Waals surface area contributed by atoms with Gasteiger partial charge in [0.2, 0.25) is 0 Å². The fourth-order valence-electron chi connectivity index (χ4n) is 5.47. The molecule has 2 aliphatic rings. The lowest BCUT2D eigenvalue weighted by Gasteiger charge is -2.33. The van der Waals surface area contributed by atoms with Crippen molar-refractivity contribution in [3.8, 4) is 11.3 Å². The number of anilines is 1. The molecule has 9 nitrogen and oxygen atoms in total. The Hall–Kier alpha value is -3.72. The van der Waals surface area contributed by atoms with Gasteiger partial charge in [-0.25, -0.2) is 14.8 Å². The summed E-state index contributed by atoms with van der Waals surface area (Å²) in [6.45, 7) is 5.09. The van der Waals surface area contributed by atoms with Gasteiger partial charge in [0.05, 0.1) is 16.8 Å². The van der Waals surface area contributed by atoms with Gasteiger partial charge in [0.1, 0.15) is 5.82 Å². The van der Waals surface area contributed by atoms with E-state index < -0.39 is 6.09 Å². The number of carbonyl (C=O) groups excluding carboxylic acids is 1. The zero-order valence-corrected chi connectivity index (χ0v) is 21.9. The first-order chi connectivity index (χ1) is 18.5. The van der Waals surface area contributed by atoms with Crippen LogP contribution in [0.25, 0.3) is 22.2 Å². The lowest BCUT2D eigenvalue weighted by atomic mass is 9.82. The van der Waals surface area contributed by atoms with Gasteiger partial charge in [-0.1, -0.05) is 18.2 Å². The van der Waals surface area contributed by atoms with E-state index in [2.05, 4.69) is 27.5 Å². The van der Waals surface area contributed by atoms with Gasteiger partial charge in [-0.2, -0.15) is 0 Å². The molecule has 3 heterocycles. The van der Waals surface area contributed by atoms with E-state index in [0.29, 0.717) is 30.5 Å². The Labute approximate surface area is 223 Å². The quantitative estimate of drug-likeness (QED) is 0.437. The number of hydrogen-bond acceptors (Lipinski definition) is 6. The summed E-state index contributed by atoms with van der Waals surface area (Å²) in [5, 5.41) is 15.3. The third kappa shape index (κ3) is 6.22. The van der Waals surface area contributed by atoms with Gasteiger partial charge in [-0.3, -0.25) is 4.79 Å². The number of pyridine rings is 2. The van der Waals surface area contributed by atoms with E-state index in [4.69, 9.17) is 15.1 Å². The first-order valence-electron chi connectivity index (χ1n) is 13.5. The number of nitrogens with one attached hydrogen (secondary N) is 2. The number of hydrogen-bond donors (Lipinski definition) is 3. The molecule has 2 amide bonds. The van der Waals surface area contributed by atoms with Crippen molar-refractivity contribution in [3.63, 3.8) is 0 Å². The maximum Gasteiger partial charge on any atom is 0.404 e. The number of carbonyl (C=O) groups is 2. The number of fused-ring (bicyclic) bond motifs is 1. The molecule has 0 spiro atoms. The molecule has 3 N–H and O–H groups in total. The van der Waals surface area contributed by atoms with Crippen LogP contribution in [0, 0.1) is 11.8 Å². The van der Waals surface area contributed by atoms with Crippen LogP contribution in [0.4, 0.5) is 10.6 Å². The maximum absolute atomic E-state index is 13.4. The van der Waals surface area contributed by atoms with Crippen LogP contribution in [0.5, 0.6) is 0 Å². The van der Waals surface area contributed by atoms with Crippen LogP contribution in [0.15, 0.2) is 48.7 Å². The van der Waals surface area contributed by atoms with Gasteiger partial charge < -0.3 is 25.5 Å². The van der Waals surface area contributed by atoms with Crippen LogP contribution in [-0.2, 0) is 0 Å². The summed E-state index contributed by atoms with van der Waals surface area (Å²) in [6.07, 6.45) is 4.80. The Bertz CT molecular complexity index is 1270. The van der Waals surface area contributed by atoms with Crippen molar-refractivity contribution in [2.24, 2.45) is 11.8 Å². The highest BCUT2D eigenvalue weighted by atomic mass is 16.4. The van der Waals surface area contributed by atoms with Crippen LogP contribution in [0.2, 0.25) is 0 Å². The van der Waals surface area contributed by atoms with E-state index in [1.165, 1.54) is 0 Å². The molecule has 1 saturated heterocycles. The van der Waals surface area contributed by atoms with Gasteiger partial charge in [0, 0.05) is 56.4 Å². The van der Waals surface area contributed by atoms with Crippen molar-refractivity contribution in [1.29, 1.82) is 0 Å². The van der Waals surface area contributed by atoms with E-state index in [1.807, 2.05) is 48.7 Å². The molecule has 2 aromatic heterocycles. The van der Waals surface area contributed by atoms with Crippen molar-refractivity contribution in [2.45, 2.75) is 25.7 Å². The molecule has 5 rings (SSSR count). The van der Waals surface area contributed by atoms with Crippen molar-refractivity contribution in [1.82, 2.24) is 25.5 Å². The van der Waals surface area contributed by atoms with Gasteiger partial charge in [0.15, 0.2) is 0 Å². The number of aromatic nitrogens is 2. The molecule has 0 radical (unpaired) electrons. The Balaban J connectivity index is 1.27. The predicted molar refractivity (Wildman–Crippen MR) is 148 cm³/mol. The number of carboxylic acid groups (broad SMARTS) is 1. The van der Waals surface area contributed by atoms with Gasteiger partial charge in [0.25, 0.3) is 5.91 Å². The molecule has 0 bridgehead atoms. The molecule has 38 heavy (non-hydrogen) atoms. The highest BCUT2D eigenvalue weighted by Gasteiger charge is 2.23. The molecule has 3 aromatic rings. The monoisotopic (exact) mass is 516 g/mol. The summed E-state index contributed by atoms with van der Waals surface area (Å²) in [4.78, 5) is 38.3. The normalized spacial score (nSPS) is 20.3. The second-order valence-corrected chi connectivity index (χ2v) is 10.6. The number of piperazine rings is 1. The minimum Gasteiger partial charge on any atom is -0.465 e. The molecule has 0 atom stereocenters. The van der Waals surface area contributed by atoms with Crippen molar-refractivity contribution < 1.29 is 14.7 Å². The second kappa shape index (κ2) is 11.8. The van der Waals surface area contributed by atoms with E-state index in [1.54, 1.807) is 0 Å². The minimum absolute atomic E-state index is 0.0958. The van der Waals surface area contributed by atoms with Crippen LogP contribution in [0.3, 0.4) is 0 Å². The molecule has 1 aliphatic carbocycles. The van der Waals surface area contributed by atoms with Crippen molar-refractivity contribution in [2.75, 3.05) is 51.2 Å². The van der Waals surface area contributed by atoms with Crippen LogP contribution >= 0.6 is 0 Å². The van der Waals surface area contributed by atoms with Crippen LogP contribution < -0.4 is 15.5 Å². The first-order valence-corrected chi connectivity index (χ1v) is 13.5. The highest BCUT2D eigenvalue weighted by molar-refractivity contribution is 6.07. The molecular formula is C29H36N6O3. The fraction of sp³-hybridized carbons (Fsp3) is 0.448. The fourth-order valence-corrected chi connectivity index (χ4v) is 5.47. The summed E-state index contributed by atoms with van der Waals surface area (Å²) in [5.41, 5.74) is 3.02. The minimum atomic E-state index is -0.968. The Morgan fingerprint density at radius 2 is 1.63 bits per heavy atom. The van der Waals surface area contributed by atoms with E-state index in [-0.39, 0.29) is 5.91 Å². The third-order valence-corrected chi connectivity index (χ3v) is 7.89. The smallest absolute Gasteiger partial charge is 0.404 e. The van der Waals surface area contributed by atoms with Crippen molar-refractivity contribution >= 4 is 28.7 Å². The molecule has 0 unspecified atom stereocenters. The summed E-state index contributed by atoms with van der Waals surface area (Å²) >= 11 is 0. The number of benzene rings is 1. The number of para-hydroxylation sites is 1. The summed E-state index contributed by atoms with van der Waals surface area (Å²) in [5.74, 6) is 1.65. The topological polar surface area (TPSA) is 111 Å². The maximum atomic E-state index is 13.4. The van der Waals surface area contributed by atoms with Crippen LogP contribution in [0.1, 0.15) is 36.0 Å². The second-order valence-electron chi connectivity index (χ2n) is 10.6. The standard InChI is InChI=1S/C29H36N6O3/c1-34-12-14-35(15-13-34)27-11-10-22(19-30-27)26-16-24(23-4-2-3-5-25(23)33-26)28(36)31-17-20-6-8-21(9-7-20)18-32-29(37)38/h2-5,10-11,16,19-21,32H,6-9,12-15,17-18H2,1H3,(H,31,36)(H,37,38). The number of likely N-dealkylation sites (N-methyl/N-ethyl adjacent to an activating group) is 1. The van der Waals surface area contributed by atoms with E-state index >= 15 is 0 Å². The highest BCUT2D eigenvalue weighted by Crippen LogP contribution is 2.29. The molecule has 1 aromatic carbocycles. The zero-order valence-electron chi connectivity index (χ0n) is 21.9. The Kier molecular flexibility index (Phi) is 8.03. The summed E-state index contributed by atoms with van der Waals surface area (Å²) in [6, 6.07) is 13.7. The van der Waals surface area contributed by atoms with Gasteiger partial charge in [-0.05, 0) is 68.8 Å². The SMILES string of the molecule is CN1CCN(c2ccc(-c3cc(C(=O)NCC4CCC(CNC(=O)O)CC4)c4ccccc4n3)cn2)CC1. The average Bonchev–Trinajstić information content (AvgIpc) is 2.95. The Morgan fingerprint density at radius 1 is 0.947 bits per heavy atom. The largest absolute Gasteiger partial charge is 0.465 e. The van der Waals surface area contributed by atoms with Crippen molar-refractivity contribution in [3.05, 3.63) is 54.2 Å². The van der Waals surface area contributed by atoms with Crippen LogP contribution in [-0.4, -0.2) is 78.3 Å². The Morgan fingerprint density at radius 3 is 2.29 bits per heavy atom. The molecule has 200 valence electrons. The predicted octanol–water partition coefficient (Wildman–Crippen LogP) is 3.85. The molecule has 1 saturated carbocycles. The molecular weight excluding hydrogens is 480 g/mol. The number of rotatable bonds is 7. The molecule has 2 fully saturated rings. The first kappa shape index (κ1) is 25.9. The lowest BCUT2D eigenvalue weighted by Crippen LogP contribution is -2.44. The van der Waals surface area contributed by atoms with E-state index in [9.17, 15) is 9.59 Å².